The molecule has 3 N–H and O–H groups in total. The molecule has 0 aromatic rings. The minimum absolute atomic E-state index is 0.143. The van der Waals surface area contributed by atoms with E-state index in [1.165, 1.54) is 0 Å². The molecule has 6 heavy (non-hydrogen) atoms. The highest BCUT2D eigenvalue weighted by Crippen LogP contribution is 1.75. The molecule has 0 saturated heterocycles. The Bertz CT molecular complexity index is 49.5. The molecule has 36 valence electrons. The second kappa shape index (κ2) is 3.35. The lowest BCUT2D eigenvalue weighted by Gasteiger charge is -1.86. The number of hydrazine groups is 1. The Labute approximate surface area is 49.4 Å². The zero-order valence-corrected chi connectivity index (χ0v) is 5.23. The number of carbonyl (C=O) groups is 1. The fraction of sp³-hybridized carbons (Fsp3) is 0.500. The normalized spacial score (nSPS) is 7.67. The summed E-state index contributed by atoms with van der Waals surface area (Å²) in [6, 6.07) is 0. The Morgan fingerprint density at radius 1 is 2.00 bits per heavy atom. The molecule has 0 heterocycles. The molecule has 0 aromatic heterocycles. The van der Waals surface area contributed by atoms with Crippen LogP contribution < -0.4 is 11.3 Å². The molecule has 0 rings (SSSR count). The third kappa shape index (κ3) is 2.40. The molecule has 0 aliphatic carbocycles. The Kier molecular flexibility index (Phi) is 3.44. The van der Waals surface area contributed by atoms with Crippen LogP contribution in [0, 0.1) is 0 Å². The average Bonchev–Trinajstić information content (AvgIpc) is 1.65. The van der Waals surface area contributed by atoms with Crippen LogP contribution in [0.1, 0.15) is 0 Å². The number of carbonyl (C=O) groups excluding carboxylic acids is 1. The van der Waals surface area contributed by atoms with E-state index in [9.17, 15) is 4.79 Å². The third-order valence-electron chi connectivity index (χ3n) is 0.282. The van der Waals surface area contributed by atoms with Crippen LogP contribution >= 0.6 is 22.6 Å². The van der Waals surface area contributed by atoms with Gasteiger partial charge in [-0.15, -0.1) is 0 Å². The molecule has 0 aromatic carbocycles. The molecule has 0 aliphatic heterocycles. The second-order valence-electron chi connectivity index (χ2n) is 0.701. The van der Waals surface area contributed by atoms with Crippen molar-refractivity contribution in [2.45, 2.75) is 0 Å². The first-order valence-electron chi connectivity index (χ1n) is 1.36. The number of hydrogen-bond donors (Lipinski definition) is 2. The molecular weight excluding hydrogens is 195 g/mol. The Balaban J connectivity index is 2.99. The minimum atomic E-state index is -0.143. The fourth-order valence-electron chi connectivity index (χ4n) is 0.0386. The lowest BCUT2D eigenvalue weighted by atomic mass is 10.8. The van der Waals surface area contributed by atoms with E-state index in [-0.39, 0.29) is 5.91 Å². The van der Waals surface area contributed by atoms with Crippen molar-refractivity contribution in [3.05, 3.63) is 0 Å². The van der Waals surface area contributed by atoms with Gasteiger partial charge in [-0.2, -0.15) is 0 Å². The van der Waals surface area contributed by atoms with Gasteiger partial charge in [-0.05, 0) is 0 Å². The van der Waals surface area contributed by atoms with Crippen molar-refractivity contribution in [1.29, 1.82) is 0 Å². The van der Waals surface area contributed by atoms with Crippen molar-refractivity contribution in [2.75, 3.05) is 4.43 Å². The van der Waals surface area contributed by atoms with Crippen LogP contribution in [0.2, 0.25) is 0 Å². The van der Waals surface area contributed by atoms with E-state index in [4.69, 9.17) is 0 Å². The summed E-state index contributed by atoms with van der Waals surface area (Å²) >= 11 is 1.92. The molecular formula is C2H5IN2O. The molecule has 0 bridgehead atoms. The number of nitrogens with two attached hydrogens (primary N) is 1. The van der Waals surface area contributed by atoms with Gasteiger partial charge in [-0.25, -0.2) is 5.84 Å². The molecule has 0 radical (unpaired) electrons. The Hall–Kier alpha value is 0.160. The van der Waals surface area contributed by atoms with Crippen LogP contribution in [0.25, 0.3) is 0 Å². The summed E-state index contributed by atoms with van der Waals surface area (Å²) in [5.74, 6) is 4.54. The molecule has 4 heteroatoms. The van der Waals surface area contributed by atoms with Gasteiger partial charge >= 0.3 is 0 Å². The maximum Gasteiger partial charge on any atom is 0.243 e. The second-order valence-corrected chi connectivity index (χ2v) is 1.46. The highest BCUT2D eigenvalue weighted by atomic mass is 127. The zero-order chi connectivity index (χ0) is 4.99. The van der Waals surface area contributed by atoms with Gasteiger partial charge in [0.1, 0.15) is 0 Å². The predicted octanol–water partition coefficient (Wildman–Crippen LogP) is -0.589. The number of hydrogen-bond acceptors (Lipinski definition) is 2. The van der Waals surface area contributed by atoms with Crippen molar-refractivity contribution >= 4 is 28.5 Å². The monoisotopic (exact) mass is 200 g/mol. The number of nitrogens with one attached hydrogen (secondary N) is 1. The summed E-state index contributed by atoms with van der Waals surface area (Å²) < 4.78 is 0.425. The molecule has 0 fully saturated rings. The van der Waals surface area contributed by atoms with Crippen LogP contribution in [0.5, 0.6) is 0 Å². The van der Waals surface area contributed by atoms with Gasteiger partial charge in [-0.1, -0.05) is 22.6 Å². The summed E-state index contributed by atoms with van der Waals surface area (Å²) in [6.45, 7) is 0. The largest absolute Gasteiger partial charge is 0.294 e. The van der Waals surface area contributed by atoms with Gasteiger partial charge in [0.25, 0.3) is 0 Å². The van der Waals surface area contributed by atoms with Crippen LogP contribution in [0.15, 0.2) is 0 Å². The maximum absolute atomic E-state index is 9.94. The smallest absolute Gasteiger partial charge is 0.243 e. The molecule has 0 aliphatic rings. The highest BCUT2D eigenvalue weighted by Gasteiger charge is 1.86. The first-order chi connectivity index (χ1) is 2.81. The van der Waals surface area contributed by atoms with Gasteiger partial charge in [-0.3, -0.25) is 10.2 Å². The quantitative estimate of drug-likeness (QED) is 0.195. The molecule has 0 saturated carbocycles. The van der Waals surface area contributed by atoms with Crippen LogP contribution in [0.4, 0.5) is 0 Å². The zero-order valence-electron chi connectivity index (χ0n) is 3.07. The average molecular weight is 200 g/mol. The van der Waals surface area contributed by atoms with E-state index in [0.29, 0.717) is 4.43 Å². The van der Waals surface area contributed by atoms with Crippen molar-refractivity contribution in [1.82, 2.24) is 5.43 Å². The summed E-state index contributed by atoms with van der Waals surface area (Å²) in [4.78, 5) is 9.94. The number of amides is 1. The van der Waals surface area contributed by atoms with Gasteiger partial charge in [0.05, 0.1) is 4.43 Å². The fourth-order valence-corrected chi connectivity index (χ4v) is 0.259. The molecule has 1 amide bonds. The van der Waals surface area contributed by atoms with E-state index < -0.39 is 0 Å². The van der Waals surface area contributed by atoms with Gasteiger partial charge in [0, 0.05) is 0 Å². The summed E-state index contributed by atoms with van der Waals surface area (Å²) in [5.41, 5.74) is 1.97. The van der Waals surface area contributed by atoms with Gasteiger partial charge in [0.2, 0.25) is 5.91 Å². The highest BCUT2D eigenvalue weighted by molar-refractivity contribution is 14.1. The van der Waals surface area contributed by atoms with Crippen molar-refractivity contribution in [2.24, 2.45) is 5.84 Å². The standard InChI is InChI=1S/C2H5IN2O/c3-1-2(6)5-4/h1,4H2,(H,5,6). The van der Waals surface area contributed by atoms with Crippen LogP contribution in [0.3, 0.4) is 0 Å². The summed E-state index contributed by atoms with van der Waals surface area (Å²) in [5, 5.41) is 0. The molecule has 3 nitrogen and oxygen atoms in total. The maximum atomic E-state index is 9.94. The molecule has 0 atom stereocenters. The van der Waals surface area contributed by atoms with Crippen LogP contribution in [-0.2, 0) is 4.79 Å². The van der Waals surface area contributed by atoms with Crippen molar-refractivity contribution < 1.29 is 4.79 Å². The molecule has 0 spiro atoms. The minimum Gasteiger partial charge on any atom is -0.294 e. The first kappa shape index (κ1) is 6.16. The van der Waals surface area contributed by atoms with Crippen LogP contribution in [-0.4, -0.2) is 10.3 Å². The summed E-state index contributed by atoms with van der Waals surface area (Å²) in [6.07, 6.45) is 0. The number of halogens is 1. The number of rotatable bonds is 1. The van der Waals surface area contributed by atoms with Crippen molar-refractivity contribution in [3.63, 3.8) is 0 Å². The number of alkyl halides is 1. The van der Waals surface area contributed by atoms with E-state index in [0.717, 1.165) is 0 Å². The lowest BCUT2D eigenvalue weighted by Crippen LogP contribution is -2.30. The van der Waals surface area contributed by atoms with Crippen molar-refractivity contribution in [3.8, 4) is 0 Å². The molecule has 0 unspecified atom stereocenters. The van der Waals surface area contributed by atoms with E-state index in [2.05, 4.69) is 5.84 Å². The van der Waals surface area contributed by atoms with E-state index >= 15 is 0 Å². The Morgan fingerprint density at radius 2 is 2.50 bits per heavy atom. The van der Waals surface area contributed by atoms with Gasteiger partial charge < -0.3 is 0 Å². The third-order valence-corrected chi connectivity index (χ3v) is 0.975. The summed E-state index contributed by atoms with van der Waals surface area (Å²) in [7, 11) is 0. The lowest BCUT2D eigenvalue weighted by molar-refractivity contribution is -0.118. The topological polar surface area (TPSA) is 55.1 Å². The first-order valence-corrected chi connectivity index (χ1v) is 2.89. The van der Waals surface area contributed by atoms with E-state index in [1.807, 2.05) is 28.0 Å². The SMILES string of the molecule is NNC(=O)CI. The predicted molar refractivity (Wildman–Crippen MR) is 31.2 cm³/mol. The van der Waals surface area contributed by atoms with E-state index in [1.54, 1.807) is 0 Å². The van der Waals surface area contributed by atoms with Gasteiger partial charge in [0.15, 0.2) is 0 Å². The Morgan fingerprint density at radius 3 is 2.50 bits per heavy atom.